The number of nitrogens with one attached hydrogen (secondary N) is 1. The minimum atomic E-state index is -3.93. The highest BCUT2D eigenvalue weighted by Gasteiger charge is 2.38. The lowest BCUT2D eigenvalue weighted by molar-refractivity contribution is -0.128. The Morgan fingerprint density at radius 2 is 1.82 bits per heavy atom. The molecule has 3 aromatic rings. The molecule has 0 radical (unpaired) electrons. The summed E-state index contributed by atoms with van der Waals surface area (Å²) in [6, 6.07) is 19.0. The minimum absolute atomic E-state index is 0.133. The van der Waals surface area contributed by atoms with E-state index in [-0.39, 0.29) is 23.4 Å². The van der Waals surface area contributed by atoms with Gasteiger partial charge in [-0.2, -0.15) is 0 Å². The molecule has 1 N–H and O–H groups in total. The largest absolute Gasteiger partial charge is 0.476 e. The number of fused-ring (bicyclic) bond motifs is 2. The molecule has 3 aromatic carbocycles. The lowest BCUT2D eigenvalue weighted by Crippen LogP contribution is -2.51. The number of rotatable bonds is 5. The van der Waals surface area contributed by atoms with E-state index in [0.717, 1.165) is 24.8 Å². The van der Waals surface area contributed by atoms with Crippen molar-refractivity contribution in [3.05, 3.63) is 88.4 Å². The lowest BCUT2D eigenvalue weighted by Gasteiger charge is -2.35. The first-order chi connectivity index (χ1) is 16.3. The average Bonchev–Trinajstić information content (AvgIpc) is 3.31. The molecule has 1 heterocycles. The second kappa shape index (κ2) is 8.96. The molecule has 6 nitrogen and oxygen atoms in total. The summed E-state index contributed by atoms with van der Waals surface area (Å²) < 4.78 is 34.1. The highest BCUT2D eigenvalue weighted by molar-refractivity contribution is 7.92. The van der Waals surface area contributed by atoms with Crippen LogP contribution in [0.25, 0.3) is 0 Å². The molecule has 0 aromatic heterocycles. The Balaban J connectivity index is 1.41. The van der Waals surface area contributed by atoms with Gasteiger partial charge in [-0.3, -0.25) is 9.10 Å². The number of hydrogen-bond acceptors (Lipinski definition) is 4. The molecule has 8 heteroatoms. The summed E-state index contributed by atoms with van der Waals surface area (Å²) in [5.41, 5.74) is 4.03. The summed E-state index contributed by atoms with van der Waals surface area (Å²) in [5.74, 6) is -0.0812. The van der Waals surface area contributed by atoms with Crippen LogP contribution in [0.4, 0.5) is 5.69 Å². The van der Waals surface area contributed by atoms with E-state index in [1.165, 1.54) is 27.6 Å². The van der Waals surface area contributed by atoms with Gasteiger partial charge in [0.15, 0.2) is 6.10 Å². The molecule has 34 heavy (non-hydrogen) atoms. The third-order valence-corrected chi connectivity index (χ3v) is 8.42. The molecule has 0 saturated heterocycles. The Kier molecular flexibility index (Phi) is 6.00. The van der Waals surface area contributed by atoms with Crippen LogP contribution in [0.2, 0.25) is 5.02 Å². The Bertz CT molecular complexity index is 1340. The fourth-order valence-electron chi connectivity index (χ4n) is 4.56. The standard InChI is InChI=1S/C26H25ClN2O4S/c1-17(19-11-10-18-6-5-7-20(18)14-19)28-26(30)25-16-29(23-15-21(27)12-13-24(23)33-25)34(31,32)22-8-3-2-4-9-22/h2-4,8-15,17,25H,5-7,16H2,1H3,(H,28,30)/t17-,25+/m0/s1. The Hall–Kier alpha value is -3.03. The van der Waals surface area contributed by atoms with Crippen molar-refractivity contribution < 1.29 is 17.9 Å². The van der Waals surface area contributed by atoms with Crippen molar-refractivity contribution in [1.82, 2.24) is 5.32 Å². The van der Waals surface area contributed by atoms with Gasteiger partial charge in [-0.25, -0.2) is 8.42 Å². The second-order valence-electron chi connectivity index (χ2n) is 8.68. The molecule has 176 valence electrons. The average molecular weight is 497 g/mol. The zero-order chi connectivity index (χ0) is 23.9. The summed E-state index contributed by atoms with van der Waals surface area (Å²) in [5, 5.41) is 3.38. The number of ether oxygens (including phenoxy) is 1. The third kappa shape index (κ3) is 4.26. The molecule has 0 saturated carbocycles. The third-order valence-electron chi connectivity index (χ3n) is 6.40. The molecule has 0 bridgehead atoms. The van der Waals surface area contributed by atoms with E-state index in [9.17, 15) is 13.2 Å². The Morgan fingerprint density at radius 3 is 2.62 bits per heavy atom. The van der Waals surface area contributed by atoms with E-state index in [4.69, 9.17) is 16.3 Å². The van der Waals surface area contributed by atoms with Crippen molar-refractivity contribution in [2.45, 2.75) is 43.2 Å². The summed E-state index contributed by atoms with van der Waals surface area (Å²) in [6.07, 6.45) is 2.30. The van der Waals surface area contributed by atoms with Crippen LogP contribution >= 0.6 is 11.6 Å². The van der Waals surface area contributed by atoms with Crippen molar-refractivity contribution in [2.75, 3.05) is 10.8 Å². The fourth-order valence-corrected chi connectivity index (χ4v) is 6.21. The van der Waals surface area contributed by atoms with E-state index < -0.39 is 16.1 Å². The normalized spacial score (nSPS) is 17.9. The molecule has 2 atom stereocenters. The van der Waals surface area contributed by atoms with Gasteiger partial charge < -0.3 is 10.1 Å². The van der Waals surface area contributed by atoms with Crippen molar-refractivity contribution in [2.24, 2.45) is 0 Å². The van der Waals surface area contributed by atoms with E-state index in [2.05, 4.69) is 17.4 Å². The predicted molar refractivity (Wildman–Crippen MR) is 132 cm³/mol. The molecule has 1 aliphatic heterocycles. The van der Waals surface area contributed by atoms with Crippen LogP contribution in [0, 0.1) is 0 Å². The number of carbonyl (C=O) groups is 1. The monoisotopic (exact) mass is 496 g/mol. The lowest BCUT2D eigenvalue weighted by atomic mass is 10.0. The number of carbonyl (C=O) groups excluding carboxylic acids is 1. The molecule has 1 aliphatic carbocycles. The van der Waals surface area contributed by atoms with E-state index in [1.807, 2.05) is 13.0 Å². The quantitative estimate of drug-likeness (QED) is 0.557. The van der Waals surface area contributed by atoms with Gasteiger partial charge in [0.05, 0.1) is 23.2 Å². The SMILES string of the molecule is C[C@H](NC(=O)[C@H]1CN(S(=O)(=O)c2ccccc2)c2cc(Cl)ccc2O1)c1ccc2c(c1)CCC2. The first-order valence-electron chi connectivity index (χ1n) is 11.3. The minimum Gasteiger partial charge on any atom is -0.476 e. The summed E-state index contributed by atoms with van der Waals surface area (Å²) >= 11 is 6.16. The summed E-state index contributed by atoms with van der Waals surface area (Å²) in [6.45, 7) is 1.76. The van der Waals surface area contributed by atoms with Crippen LogP contribution in [-0.2, 0) is 27.7 Å². The van der Waals surface area contributed by atoms with Gasteiger partial charge >= 0.3 is 0 Å². The number of halogens is 1. The van der Waals surface area contributed by atoms with Gasteiger partial charge in [0.2, 0.25) is 0 Å². The van der Waals surface area contributed by atoms with E-state index >= 15 is 0 Å². The fraction of sp³-hybridized carbons (Fsp3) is 0.269. The highest BCUT2D eigenvalue weighted by Crippen LogP contribution is 2.39. The molecule has 1 amide bonds. The number of aryl methyl sites for hydroxylation is 2. The zero-order valence-electron chi connectivity index (χ0n) is 18.7. The molecule has 0 fully saturated rings. The van der Waals surface area contributed by atoms with Crippen LogP contribution in [-0.4, -0.2) is 27.0 Å². The van der Waals surface area contributed by atoms with Gasteiger partial charge in [-0.05, 0) is 73.2 Å². The van der Waals surface area contributed by atoms with Crippen LogP contribution in [0.1, 0.15) is 36.1 Å². The van der Waals surface area contributed by atoms with Crippen LogP contribution in [0.5, 0.6) is 5.75 Å². The number of hydrogen-bond donors (Lipinski definition) is 1. The van der Waals surface area contributed by atoms with Gasteiger partial charge in [0, 0.05) is 5.02 Å². The first kappa shape index (κ1) is 22.7. The second-order valence-corrected chi connectivity index (χ2v) is 11.0. The maximum Gasteiger partial charge on any atom is 0.264 e. The number of anilines is 1. The maximum absolute atomic E-state index is 13.5. The molecule has 2 aliphatic rings. The maximum atomic E-state index is 13.5. The van der Waals surface area contributed by atoms with Gasteiger partial charge in [-0.15, -0.1) is 0 Å². The van der Waals surface area contributed by atoms with Crippen molar-refractivity contribution in [3.63, 3.8) is 0 Å². The summed E-state index contributed by atoms with van der Waals surface area (Å²) in [7, 11) is -3.93. The van der Waals surface area contributed by atoms with Gasteiger partial charge in [0.25, 0.3) is 15.9 Å². The van der Waals surface area contributed by atoms with E-state index in [1.54, 1.807) is 36.4 Å². The van der Waals surface area contributed by atoms with Crippen molar-refractivity contribution in [3.8, 4) is 5.75 Å². The molecular formula is C26H25ClN2O4S. The van der Waals surface area contributed by atoms with Crippen LogP contribution < -0.4 is 14.4 Å². The molecule has 0 unspecified atom stereocenters. The molecular weight excluding hydrogens is 472 g/mol. The predicted octanol–water partition coefficient (Wildman–Crippen LogP) is 4.66. The van der Waals surface area contributed by atoms with Crippen molar-refractivity contribution in [1.29, 1.82) is 0 Å². The number of amides is 1. The number of benzene rings is 3. The Labute approximate surface area is 204 Å². The highest BCUT2D eigenvalue weighted by atomic mass is 35.5. The number of sulfonamides is 1. The Morgan fingerprint density at radius 1 is 1.06 bits per heavy atom. The molecule has 0 spiro atoms. The van der Waals surface area contributed by atoms with Crippen LogP contribution in [0.3, 0.4) is 0 Å². The summed E-state index contributed by atoms with van der Waals surface area (Å²) in [4.78, 5) is 13.4. The van der Waals surface area contributed by atoms with Crippen molar-refractivity contribution >= 4 is 33.2 Å². The van der Waals surface area contributed by atoms with Crippen LogP contribution in [0.15, 0.2) is 71.6 Å². The topological polar surface area (TPSA) is 75.7 Å². The van der Waals surface area contributed by atoms with E-state index in [0.29, 0.717) is 16.5 Å². The smallest absolute Gasteiger partial charge is 0.264 e. The van der Waals surface area contributed by atoms with Gasteiger partial charge in [0.1, 0.15) is 5.75 Å². The zero-order valence-corrected chi connectivity index (χ0v) is 20.3. The van der Waals surface area contributed by atoms with Gasteiger partial charge in [-0.1, -0.05) is 48.0 Å². The molecule has 5 rings (SSSR count). The first-order valence-corrected chi connectivity index (χ1v) is 13.1. The number of nitrogens with zero attached hydrogens (tertiary/aromatic N) is 1.